The summed E-state index contributed by atoms with van der Waals surface area (Å²) in [5.41, 5.74) is 1.14. The SMILES string of the molecule is N#Cc1c(F)cccc1NCc1ccc(CO)c(F)c1. The number of halogens is 2. The molecule has 3 nitrogen and oxygen atoms in total. The Labute approximate surface area is 115 Å². The molecule has 5 heteroatoms. The standard InChI is InChI=1S/C15H12F2N2O/c16-13-2-1-3-15(12(13)7-18)19-8-10-4-5-11(9-20)14(17)6-10/h1-6,19-20H,8-9H2. The molecule has 2 rings (SSSR count). The van der Waals surface area contributed by atoms with E-state index >= 15 is 0 Å². The predicted molar refractivity (Wildman–Crippen MR) is 70.8 cm³/mol. The van der Waals surface area contributed by atoms with Crippen molar-refractivity contribution in [1.82, 2.24) is 0 Å². The molecule has 0 saturated carbocycles. The number of rotatable bonds is 4. The lowest BCUT2D eigenvalue weighted by Crippen LogP contribution is -2.03. The van der Waals surface area contributed by atoms with E-state index in [0.717, 1.165) is 0 Å². The molecule has 0 radical (unpaired) electrons. The highest BCUT2D eigenvalue weighted by molar-refractivity contribution is 5.58. The molecule has 0 saturated heterocycles. The van der Waals surface area contributed by atoms with Crippen molar-refractivity contribution in [3.63, 3.8) is 0 Å². The Morgan fingerprint density at radius 3 is 2.60 bits per heavy atom. The molecule has 102 valence electrons. The van der Waals surface area contributed by atoms with Crippen LogP contribution < -0.4 is 5.32 Å². The van der Waals surface area contributed by atoms with Gasteiger partial charge in [0.25, 0.3) is 0 Å². The summed E-state index contributed by atoms with van der Waals surface area (Å²) in [6.07, 6.45) is 0. The third-order valence-electron chi connectivity index (χ3n) is 2.90. The Hall–Kier alpha value is -2.45. The Morgan fingerprint density at radius 2 is 1.95 bits per heavy atom. The van der Waals surface area contributed by atoms with Gasteiger partial charge in [-0.3, -0.25) is 0 Å². The highest BCUT2D eigenvalue weighted by atomic mass is 19.1. The van der Waals surface area contributed by atoms with Gasteiger partial charge in [-0.1, -0.05) is 18.2 Å². The highest BCUT2D eigenvalue weighted by Crippen LogP contribution is 2.19. The fourth-order valence-electron chi connectivity index (χ4n) is 1.81. The molecule has 0 aliphatic rings. The van der Waals surface area contributed by atoms with Gasteiger partial charge >= 0.3 is 0 Å². The first-order valence-corrected chi connectivity index (χ1v) is 5.96. The van der Waals surface area contributed by atoms with Gasteiger partial charge in [-0.25, -0.2) is 8.78 Å². The predicted octanol–water partition coefficient (Wildman–Crippen LogP) is 2.94. The zero-order valence-electron chi connectivity index (χ0n) is 10.5. The summed E-state index contributed by atoms with van der Waals surface area (Å²) in [6, 6.07) is 10.5. The van der Waals surface area contributed by atoms with Crippen molar-refractivity contribution in [2.24, 2.45) is 0 Å². The molecule has 0 heterocycles. The summed E-state index contributed by atoms with van der Waals surface area (Å²) in [7, 11) is 0. The molecule has 0 fully saturated rings. The lowest BCUT2D eigenvalue weighted by Gasteiger charge is -2.09. The fourth-order valence-corrected chi connectivity index (χ4v) is 1.81. The maximum atomic E-state index is 13.5. The van der Waals surface area contributed by atoms with Gasteiger partial charge in [0.05, 0.1) is 12.3 Å². The Morgan fingerprint density at radius 1 is 1.15 bits per heavy atom. The van der Waals surface area contributed by atoms with Crippen molar-refractivity contribution in [2.45, 2.75) is 13.2 Å². The minimum Gasteiger partial charge on any atom is -0.392 e. The molecule has 2 N–H and O–H groups in total. The van der Waals surface area contributed by atoms with Crippen LogP contribution in [0.15, 0.2) is 36.4 Å². The molecule has 2 aromatic rings. The number of anilines is 1. The molecule has 0 bridgehead atoms. The second kappa shape index (κ2) is 6.13. The van der Waals surface area contributed by atoms with Gasteiger partial charge in [-0.2, -0.15) is 5.26 Å². The van der Waals surface area contributed by atoms with Crippen molar-refractivity contribution in [3.8, 4) is 6.07 Å². The van der Waals surface area contributed by atoms with Crippen LogP contribution in [0.2, 0.25) is 0 Å². The van der Waals surface area contributed by atoms with E-state index in [1.807, 2.05) is 0 Å². The lowest BCUT2D eigenvalue weighted by molar-refractivity contribution is 0.275. The average molecular weight is 274 g/mol. The molecule has 0 amide bonds. The molecular weight excluding hydrogens is 262 g/mol. The van der Waals surface area contributed by atoms with Gasteiger partial charge in [0.2, 0.25) is 0 Å². The average Bonchev–Trinajstić information content (AvgIpc) is 2.45. The van der Waals surface area contributed by atoms with Crippen molar-refractivity contribution in [1.29, 1.82) is 5.26 Å². The molecule has 0 aromatic heterocycles. The van der Waals surface area contributed by atoms with E-state index < -0.39 is 11.6 Å². The zero-order valence-corrected chi connectivity index (χ0v) is 10.5. The summed E-state index contributed by atoms with van der Waals surface area (Å²) in [5, 5.41) is 20.7. The molecule has 0 atom stereocenters. The van der Waals surface area contributed by atoms with Crippen molar-refractivity contribution in [2.75, 3.05) is 5.32 Å². The fraction of sp³-hybridized carbons (Fsp3) is 0.133. The number of aliphatic hydroxyl groups is 1. The summed E-state index contributed by atoms with van der Waals surface area (Å²) >= 11 is 0. The van der Waals surface area contributed by atoms with Crippen LogP contribution in [-0.4, -0.2) is 5.11 Å². The monoisotopic (exact) mass is 274 g/mol. The normalized spacial score (nSPS) is 10.1. The van der Waals surface area contributed by atoms with E-state index in [1.54, 1.807) is 18.2 Å². The van der Waals surface area contributed by atoms with E-state index in [0.29, 0.717) is 11.3 Å². The van der Waals surface area contributed by atoms with Gasteiger partial charge in [-0.15, -0.1) is 0 Å². The Kier molecular flexibility index (Phi) is 4.28. The molecule has 0 aliphatic heterocycles. The third-order valence-corrected chi connectivity index (χ3v) is 2.90. The minimum atomic E-state index is -0.598. The topological polar surface area (TPSA) is 56.0 Å². The second-order valence-electron chi connectivity index (χ2n) is 4.21. The van der Waals surface area contributed by atoms with E-state index in [4.69, 9.17) is 10.4 Å². The summed E-state index contributed by atoms with van der Waals surface area (Å²) in [5.74, 6) is -1.09. The van der Waals surface area contributed by atoms with Crippen molar-refractivity contribution < 1.29 is 13.9 Å². The van der Waals surface area contributed by atoms with E-state index in [-0.39, 0.29) is 24.3 Å². The van der Waals surface area contributed by atoms with Crippen molar-refractivity contribution in [3.05, 3.63) is 64.7 Å². The quantitative estimate of drug-likeness (QED) is 0.901. The van der Waals surface area contributed by atoms with Gasteiger partial charge < -0.3 is 10.4 Å². The van der Waals surface area contributed by atoms with Crippen molar-refractivity contribution >= 4 is 5.69 Å². The largest absolute Gasteiger partial charge is 0.392 e. The molecule has 0 spiro atoms. The van der Waals surface area contributed by atoms with E-state index in [9.17, 15) is 8.78 Å². The minimum absolute atomic E-state index is 0.0695. The molecule has 2 aromatic carbocycles. The van der Waals surface area contributed by atoms with Gasteiger partial charge in [0.15, 0.2) is 0 Å². The number of aliphatic hydroxyl groups excluding tert-OH is 1. The Bertz CT molecular complexity index is 665. The molecular formula is C15H12F2N2O. The summed E-state index contributed by atoms with van der Waals surface area (Å²) < 4.78 is 26.9. The maximum Gasteiger partial charge on any atom is 0.143 e. The number of hydrogen-bond acceptors (Lipinski definition) is 3. The van der Waals surface area contributed by atoms with Crippen LogP contribution in [0.3, 0.4) is 0 Å². The third kappa shape index (κ3) is 2.92. The molecule has 0 unspecified atom stereocenters. The van der Waals surface area contributed by atoms with Crippen LogP contribution in [0.5, 0.6) is 0 Å². The van der Waals surface area contributed by atoms with E-state index in [1.165, 1.54) is 24.3 Å². The van der Waals surface area contributed by atoms with E-state index in [2.05, 4.69) is 5.32 Å². The second-order valence-corrected chi connectivity index (χ2v) is 4.21. The number of nitrogens with zero attached hydrogens (tertiary/aromatic N) is 1. The molecule has 20 heavy (non-hydrogen) atoms. The van der Waals surface area contributed by atoms with Crippen LogP contribution >= 0.6 is 0 Å². The highest BCUT2D eigenvalue weighted by Gasteiger charge is 2.08. The first-order valence-electron chi connectivity index (χ1n) is 5.96. The van der Waals surface area contributed by atoms with Crippen LogP contribution in [0.4, 0.5) is 14.5 Å². The van der Waals surface area contributed by atoms with Gasteiger partial charge in [0.1, 0.15) is 23.3 Å². The number of hydrogen-bond donors (Lipinski definition) is 2. The summed E-state index contributed by atoms with van der Waals surface area (Å²) in [4.78, 5) is 0. The number of benzene rings is 2. The molecule has 0 aliphatic carbocycles. The lowest BCUT2D eigenvalue weighted by atomic mass is 10.1. The van der Waals surface area contributed by atoms with Gasteiger partial charge in [0, 0.05) is 12.1 Å². The first kappa shape index (κ1) is 14.0. The maximum absolute atomic E-state index is 13.5. The zero-order chi connectivity index (χ0) is 14.5. The van der Waals surface area contributed by atoms with Crippen LogP contribution in [0, 0.1) is 23.0 Å². The summed E-state index contributed by atoms with van der Waals surface area (Å²) in [6.45, 7) is -0.108. The van der Waals surface area contributed by atoms with Crippen LogP contribution in [0.25, 0.3) is 0 Å². The van der Waals surface area contributed by atoms with Gasteiger partial charge in [-0.05, 0) is 23.8 Å². The van der Waals surface area contributed by atoms with Crippen LogP contribution in [-0.2, 0) is 13.2 Å². The smallest absolute Gasteiger partial charge is 0.143 e. The van der Waals surface area contributed by atoms with Crippen LogP contribution in [0.1, 0.15) is 16.7 Å². The Balaban J connectivity index is 2.15. The first-order chi connectivity index (χ1) is 9.65. The number of nitriles is 1. The number of nitrogens with one attached hydrogen (secondary N) is 1.